The van der Waals surface area contributed by atoms with Crippen molar-refractivity contribution in [3.8, 4) is 17.0 Å². The second-order valence-electron chi connectivity index (χ2n) is 6.48. The molecule has 1 aliphatic heterocycles. The van der Waals surface area contributed by atoms with Gasteiger partial charge < -0.3 is 15.2 Å². The molecule has 0 radical (unpaired) electrons. The minimum Gasteiger partial charge on any atom is -0.464 e. The van der Waals surface area contributed by atoms with E-state index in [0.29, 0.717) is 35.1 Å². The maximum absolute atomic E-state index is 13.2. The average molecular weight is 390 g/mol. The highest BCUT2D eigenvalue weighted by atomic mass is 19.4. The van der Waals surface area contributed by atoms with E-state index in [9.17, 15) is 13.2 Å². The van der Waals surface area contributed by atoms with Crippen molar-refractivity contribution in [3.63, 3.8) is 0 Å². The second kappa shape index (κ2) is 7.23. The molecule has 2 N–H and O–H groups in total. The van der Waals surface area contributed by atoms with E-state index in [-0.39, 0.29) is 11.6 Å². The molecule has 2 aromatic heterocycles. The van der Waals surface area contributed by atoms with E-state index in [1.165, 1.54) is 12.3 Å². The van der Waals surface area contributed by atoms with Crippen molar-refractivity contribution < 1.29 is 22.6 Å². The van der Waals surface area contributed by atoms with Gasteiger partial charge in [-0.15, -0.1) is 10.2 Å². The lowest BCUT2D eigenvalue weighted by Crippen LogP contribution is -2.25. The number of alkyl halides is 3. The Kier molecular flexibility index (Phi) is 4.76. The molecule has 28 heavy (non-hydrogen) atoms. The van der Waals surface area contributed by atoms with Crippen molar-refractivity contribution in [1.29, 1.82) is 0 Å². The molecule has 1 aromatic carbocycles. The van der Waals surface area contributed by atoms with Crippen molar-refractivity contribution in [1.82, 2.24) is 15.2 Å². The smallest absolute Gasteiger partial charge is 0.416 e. The molecule has 3 heterocycles. The van der Waals surface area contributed by atoms with Crippen LogP contribution in [0.25, 0.3) is 22.0 Å². The molecule has 1 saturated heterocycles. The van der Waals surface area contributed by atoms with Gasteiger partial charge in [0.15, 0.2) is 12.1 Å². The normalized spacial score (nSPS) is 17.6. The molecule has 0 bridgehead atoms. The fraction of sp³-hybridized carbons (Fsp3) is 0.316. The number of nitrogens with two attached hydrogens (primary N) is 1. The van der Waals surface area contributed by atoms with Gasteiger partial charge in [0.25, 0.3) is 0 Å². The van der Waals surface area contributed by atoms with Gasteiger partial charge in [0.2, 0.25) is 0 Å². The maximum atomic E-state index is 13.2. The number of hydrogen-bond donors (Lipinski definition) is 1. The number of aromatic nitrogens is 3. The number of hydrogen-bond acceptors (Lipinski definition) is 6. The van der Waals surface area contributed by atoms with Gasteiger partial charge >= 0.3 is 6.18 Å². The van der Waals surface area contributed by atoms with Crippen LogP contribution in [-0.2, 0) is 10.9 Å². The fourth-order valence-electron chi connectivity index (χ4n) is 3.15. The summed E-state index contributed by atoms with van der Waals surface area (Å²) in [5, 5.41) is 9.22. The molecule has 1 atom stereocenters. The predicted octanol–water partition coefficient (Wildman–Crippen LogP) is 4.20. The van der Waals surface area contributed by atoms with E-state index < -0.39 is 18.0 Å². The standard InChI is InChI=1S/C19H17F3N4O2/c20-19(21,22)11-4-5-13(15(9-11)28-16-3-1-2-8-27-16)17-12-6-7-24-10-14(12)18(23)26-25-17/h4-7,9-10,16H,1-3,8H2,(H2,23,26). The number of rotatable bonds is 3. The Balaban J connectivity index is 1.85. The van der Waals surface area contributed by atoms with Crippen molar-refractivity contribution in [3.05, 3.63) is 42.2 Å². The molecule has 0 aliphatic carbocycles. The molecule has 1 fully saturated rings. The number of nitrogens with zero attached hydrogens (tertiary/aromatic N) is 3. The molecule has 1 aliphatic rings. The van der Waals surface area contributed by atoms with E-state index in [4.69, 9.17) is 15.2 Å². The van der Waals surface area contributed by atoms with Crippen molar-refractivity contribution in [2.75, 3.05) is 12.3 Å². The molecule has 0 amide bonds. The SMILES string of the molecule is Nc1nnc(-c2ccc(C(F)(F)F)cc2OC2CCCCO2)c2ccncc12. The van der Waals surface area contributed by atoms with E-state index in [2.05, 4.69) is 15.2 Å². The number of anilines is 1. The summed E-state index contributed by atoms with van der Waals surface area (Å²) < 4.78 is 51.1. The van der Waals surface area contributed by atoms with Crippen molar-refractivity contribution >= 4 is 16.6 Å². The number of pyridine rings is 1. The summed E-state index contributed by atoms with van der Waals surface area (Å²) in [6.07, 6.45) is 0.382. The number of benzene rings is 1. The van der Waals surface area contributed by atoms with Gasteiger partial charge in [-0.05, 0) is 37.1 Å². The van der Waals surface area contributed by atoms with E-state index in [1.807, 2.05) is 0 Å². The summed E-state index contributed by atoms with van der Waals surface area (Å²) >= 11 is 0. The first-order valence-electron chi connectivity index (χ1n) is 8.79. The molecule has 0 saturated carbocycles. The zero-order chi connectivity index (χ0) is 19.7. The summed E-state index contributed by atoms with van der Waals surface area (Å²) in [6.45, 7) is 0.509. The van der Waals surface area contributed by atoms with Gasteiger partial charge in [-0.3, -0.25) is 4.98 Å². The Morgan fingerprint density at radius 3 is 2.71 bits per heavy atom. The predicted molar refractivity (Wildman–Crippen MR) is 96.4 cm³/mol. The van der Waals surface area contributed by atoms with Gasteiger partial charge in [0.05, 0.1) is 12.2 Å². The van der Waals surface area contributed by atoms with Crippen LogP contribution < -0.4 is 10.5 Å². The van der Waals surface area contributed by atoms with E-state index in [1.54, 1.807) is 12.3 Å². The summed E-state index contributed by atoms with van der Waals surface area (Å²) in [6, 6.07) is 4.99. The van der Waals surface area contributed by atoms with Crippen LogP contribution >= 0.6 is 0 Å². The van der Waals surface area contributed by atoms with Crippen LogP contribution in [0.15, 0.2) is 36.7 Å². The highest BCUT2D eigenvalue weighted by Gasteiger charge is 2.32. The monoisotopic (exact) mass is 390 g/mol. The second-order valence-corrected chi connectivity index (χ2v) is 6.48. The Morgan fingerprint density at radius 1 is 1.11 bits per heavy atom. The van der Waals surface area contributed by atoms with Crippen molar-refractivity contribution in [2.24, 2.45) is 0 Å². The summed E-state index contributed by atoms with van der Waals surface area (Å²) in [5.41, 5.74) is 5.80. The largest absolute Gasteiger partial charge is 0.464 e. The lowest BCUT2D eigenvalue weighted by Gasteiger charge is -2.25. The van der Waals surface area contributed by atoms with Crippen LogP contribution in [0.2, 0.25) is 0 Å². The molecule has 146 valence electrons. The van der Waals surface area contributed by atoms with Crippen LogP contribution in [0.1, 0.15) is 24.8 Å². The molecule has 6 nitrogen and oxygen atoms in total. The third kappa shape index (κ3) is 3.57. The highest BCUT2D eigenvalue weighted by Crippen LogP contribution is 2.39. The Bertz CT molecular complexity index is 1000. The minimum absolute atomic E-state index is 0.0407. The number of halogens is 3. The van der Waals surface area contributed by atoms with Crippen molar-refractivity contribution in [2.45, 2.75) is 31.7 Å². The van der Waals surface area contributed by atoms with E-state index in [0.717, 1.165) is 25.0 Å². The van der Waals surface area contributed by atoms with Gasteiger partial charge in [-0.1, -0.05) is 0 Å². The molecule has 0 spiro atoms. The fourth-order valence-corrected chi connectivity index (χ4v) is 3.15. The summed E-state index contributed by atoms with van der Waals surface area (Å²) in [7, 11) is 0. The molecule has 9 heteroatoms. The summed E-state index contributed by atoms with van der Waals surface area (Å²) in [4.78, 5) is 4.02. The number of ether oxygens (including phenoxy) is 2. The van der Waals surface area contributed by atoms with Crippen LogP contribution in [-0.4, -0.2) is 28.1 Å². The molecule has 3 aromatic rings. The third-order valence-electron chi connectivity index (χ3n) is 4.57. The van der Waals surface area contributed by atoms with Gasteiger partial charge in [0, 0.05) is 35.2 Å². The lowest BCUT2D eigenvalue weighted by atomic mass is 10.0. The first-order chi connectivity index (χ1) is 13.4. The molecular weight excluding hydrogens is 373 g/mol. The summed E-state index contributed by atoms with van der Waals surface area (Å²) in [5.74, 6) is 0.232. The lowest BCUT2D eigenvalue weighted by molar-refractivity contribution is -0.138. The quantitative estimate of drug-likeness (QED) is 0.722. The zero-order valence-electron chi connectivity index (χ0n) is 14.7. The molecular formula is C19H17F3N4O2. The van der Waals surface area contributed by atoms with Crippen LogP contribution in [0, 0.1) is 0 Å². The Labute approximate surface area is 158 Å². The maximum Gasteiger partial charge on any atom is 0.416 e. The number of nitrogen functional groups attached to an aromatic ring is 1. The minimum atomic E-state index is -4.50. The van der Waals surface area contributed by atoms with Crippen LogP contribution in [0.5, 0.6) is 5.75 Å². The molecule has 1 unspecified atom stereocenters. The average Bonchev–Trinajstić information content (AvgIpc) is 2.69. The first-order valence-corrected chi connectivity index (χ1v) is 8.79. The number of fused-ring (bicyclic) bond motifs is 1. The third-order valence-corrected chi connectivity index (χ3v) is 4.57. The zero-order valence-corrected chi connectivity index (χ0v) is 14.7. The van der Waals surface area contributed by atoms with Gasteiger partial charge in [0.1, 0.15) is 11.4 Å². The van der Waals surface area contributed by atoms with Crippen LogP contribution in [0.3, 0.4) is 0 Å². The highest BCUT2D eigenvalue weighted by molar-refractivity contribution is 5.99. The van der Waals surface area contributed by atoms with Crippen LogP contribution in [0.4, 0.5) is 19.0 Å². The van der Waals surface area contributed by atoms with Gasteiger partial charge in [-0.2, -0.15) is 13.2 Å². The van der Waals surface area contributed by atoms with Gasteiger partial charge in [-0.25, -0.2) is 0 Å². The Morgan fingerprint density at radius 2 is 1.96 bits per heavy atom. The first kappa shape index (κ1) is 18.4. The Hall–Kier alpha value is -2.94. The molecule has 4 rings (SSSR count). The van der Waals surface area contributed by atoms with E-state index >= 15 is 0 Å². The topological polar surface area (TPSA) is 83.2 Å².